The zero-order valence-electron chi connectivity index (χ0n) is 12.3. The molecule has 2 N–H and O–H groups in total. The van der Waals surface area contributed by atoms with Gasteiger partial charge in [-0.25, -0.2) is 4.79 Å². The van der Waals surface area contributed by atoms with Crippen LogP contribution < -0.4 is 5.32 Å². The van der Waals surface area contributed by atoms with Crippen LogP contribution in [0.4, 0.5) is 4.79 Å². The standard InChI is InChI=1S/C14H25NO4/c1-10(16)14-7-5-13(6-8-14,9-18-14)15-11(17)19-12(2,3)4/h10,16H,5-9H2,1-4H3,(H,15,17). The van der Waals surface area contributed by atoms with E-state index < -0.39 is 17.3 Å². The Hall–Kier alpha value is -0.810. The van der Waals surface area contributed by atoms with Gasteiger partial charge in [0.2, 0.25) is 0 Å². The molecule has 0 spiro atoms. The van der Waals surface area contributed by atoms with Crippen molar-refractivity contribution in [3.8, 4) is 0 Å². The first-order chi connectivity index (χ1) is 8.67. The van der Waals surface area contributed by atoms with Crippen LogP contribution in [-0.2, 0) is 9.47 Å². The third-order valence-electron chi connectivity index (χ3n) is 4.22. The highest BCUT2D eigenvalue weighted by Crippen LogP contribution is 2.45. The molecule has 0 aromatic carbocycles. The predicted molar refractivity (Wildman–Crippen MR) is 70.9 cm³/mol. The molecule has 2 aliphatic heterocycles. The summed E-state index contributed by atoms with van der Waals surface area (Å²) in [6.07, 6.45) is 2.37. The Bertz CT molecular complexity index is 334. The molecule has 5 heteroatoms. The molecular weight excluding hydrogens is 246 g/mol. The zero-order valence-corrected chi connectivity index (χ0v) is 12.3. The fraction of sp³-hybridized carbons (Fsp3) is 0.929. The summed E-state index contributed by atoms with van der Waals surface area (Å²) in [5.74, 6) is 0. The maximum Gasteiger partial charge on any atom is 0.408 e. The van der Waals surface area contributed by atoms with Crippen LogP contribution >= 0.6 is 0 Å². The number of alkyl carbamates (subject to hydrolysis) is 1. The van der Waals surface area contributed by atoms with Gasteiger partial charge in [0.25, 0.3) is 0 Å². The average molecular weight is 271 g/mol. The Kier molecular flexibility index (Phi) is 3.56. The summed E-state index contributed by atoms with van der Waals surface area (Å²) in [6, 6.07) is 0. The molecule has 1 atom stereocenters. The Morgan fingerprint density at radius 1 is 1.32 bits per heavy atom. The number of aliphatic hydroxyl groups excluding tert-OH is 1. The normalized spacial score (nSPS) is 35.8. The Morgan fingerprint density at radius 3 is 2.26 bits per heavy atom. The molecule has 2 saturated heterocycles. The minimum Gasteiger partial charge on any atom is -0.444 e. The third-order valence-corrected chi connectivity index (χ3v) is 4.22. The molecule has 1 aliphatic carbocycles. The second-order valence-corrected chi connectivity index (χ2v) is 6.94. The molecule has 1 saturated carbocycles. The van der Waals surface area contributed by atoms with Crippen molar-refractivity contribution < 1.29 is 19.4 Å². The van der Waals surface area contributed by atoms with Gasteiger partial charge >= 0.3 is 6.09 Å². The lowest BCUT2D eigenvalue weighted by atomic mass is 9.69. The first-order valence-electron chi connectivity index (χ1n) is 7.00. The molecule has 3 fully saturated rings. The number of carbonyl (C=O) groups is 1. The van der Waals surface area contributed by atoms with Crippen LogP contribution in [0, 0.1) is 0 Å². The molecule has 3 rings (SSSR count). The van der Waals surface area contributed by atoms with E-state index in [0.29, 0.717) is 6.61 Å². The summed E-state index contributed by atoms with van der Waals surface area (Å²) in [6.45, 7) is 7.78. The van der Waals surface area contributed by atoms with E-state index >= 15 is 0 Å². The van der Waals surface area contributed by atoms with Crippen molar-refractivity contribution in [3.63, 3.8) is 0 Å². The molecule has 110 valence electrons. The van der Waals surface area contributed by atoms with Crippen LogP contribution in [0.1, 0.15) is 53.4 Å². The monoisotopic (exact) mass is 271 g/mol. The summed E-state index contributed by atoms with van der Waals surface area (Å²) in [7, 11) is 0. The lowest BCUT2D eigenvalue weighted by molar-refractivity contribution is -0.203. The third kappa shape index (κ3) is 3.03. The Balaban J connectivity index is 1.95. The molecule has 0 radical (unpaired) electrons. The van der Waals surface area contributed by atoms with Crippen molar-refractivity contribution in [2.24, 2.45) is 0 Å². The largest absolute Gasteiger partial charge is 0.444 e. The van der Waals surface area contributed by atoms with Crippen LogP contribution in [-0.4, -0.2) is 40.7 Å². The molecule has 2 bridgehead atoms. The van der Waals surface area contributed by atoms with Crippen molar-refractivity contribution in [2.45, 2.75) is 76.2 Å². The minimum atomic E-state index is -0.492. The summed E-state index contributed by atoms with van der Waals surface area (Å²) in [5, 5.41) is 12.8. The maximum atomic E-state index is 11.9. The van der Waals surface area contributed by atoms with Crippen molar-refractivity contribution in [3.05, 3.63) is 0 Å². The lowest BCUT2D eigenvalue weighted by Crippen LogP contribution is -2.65. The second-order valence-electron chi connectivity index (χ2n) is 6.94. The van der Waals surface area contributed by atoms with Gasteiger partial charge < -0.3 is 19.9 Å². The van der Waals surface area contributed by atoms with Crippen molar-refractivity contribution >= 4 is 6.09 Å². The first kappa shape index (κ1) is 14.6. The van der Waals surface area contributed by atoms with Gasteiger partial charge in [-0.15, -0.1) is 0 Å². The van der Waals surface area contributed by atoms with E-state index in [1.807, 2.05) is 20.8 Å². The number of fused-ring (bicyclic) bond motifs is 3. The molecular formula is C14H25NO4. The molecule has 1 amide bonds. The summed E-state index contributed by atoms with van der Waals surface area (Å²) >= 11 is 0. The minimum absolute atomic E-state index is 0.320. The first-order valence-corrected chi connectivity index (χ1v) is 7.00. The van der Waals surface area contributed by atoms with Crippen molar-refractivity contribution in [1.82, 2.24) is 5.32 Å². The second kappa shape index (κ2) is 4.63. The topological polar surface area (TPSA) is 67.8 Å². The number of nitrogens with one attached hydrogen (secondary N) is 1. The summed E-state index contributed by atoms with van der Waals surface area (Å²) in [4.78, 5) is 11.9. The number of rotatable bonds is 2. The fourth-order valence-electron chi connectivity index (χ4n) is 2.94. The smallest absolute Gasteiger partial charge is 0.408 e. The van der Waals surface area contributed by atoms with E-state index in [0.717, 1.165) is 25.7 Å². The predicted octanol–water partition coefficient (Wildman–Crippen LogP) is 1.97. The van der Waals surface area contributed by atoms with Crippen LogP contribution in [0.25, 0.3) is 0 Å². The van der Waals surface area contributed by atoms with Gasteiger partial charge in [0.05, 0.1) is 23.9 Å². The van der Waals surface area contributed by atoms with Gasteiger partial charge in [-0.1, -0.05) is 0 Å². The van der Waals surface area contributed by atoms with Gasteiger partial charge in [-0.05, 0) is 53.4 Å². The molecule has 2 heterocycles. The van der Waals surface area contributed by atoms with E-state index in [-0.39, 0.29) is 11.6 Å². The quantitative estimate of drug-likeness (QED) is 0.806. The number of carbonyl (C=O) groups excluding carboxylic acids is 1. The maximum absolute atomic E-state index is 11.9. The number of hydrogen-bond acceptors (Lipinski definition) is 4. The van der Waals surface area contributed by atoms with Crippen molar-refractivity contribution in [1.29, 1.82) is 0 Å². The van der Waals surface area contributed by atoms with Crippen LogP contribution in [0.2, 0.25) is 0 Å². The van der Waals surface area contributed by atoms with E-state index in [2.05, 4.69) is 5.32 Å². The number of ether oxygens (including phenoxy) is 2. The van der Waals surface area contributed by atoms with Gasteiger partial charge in [0.1, 0.15) is 5.60 Å². The number of aliphatic hydroxyl groups is 1. The number of hydrogen-bond donors (Lipinski definition) is 2. The summed E-state index contributed by atoms with van der Waals surface area (Å²) in [5.41, 5.74) is -1.22. The molecule has 5 nitrogen and oxygen atoms in total. The SMILES string of the molecule is CC(O)C12CCC(NC(=O)OC(C)(C)C)(CC1)CO2. The highest BCUT2D eigenvalue weighted by Gasteiger charge is 2.52. The van der Waals surface area contributed by atoms with Crippen LogP contribution in [0.5, 0.6) is 0 Å². The zero-order chi connectivity index (χ0) is 14.3. The Morgan fingerprint density at radius 2 is 1.89 bits per heavy atom. The average Bonchev–Trinajstić information content (AvgIpc) is 2.27. The molecule has 3 aliphatic rings. The highest BCUT2D eigenvalue weighted by molar-refractivity contribution is 5.69. The van der Waals surface area contributed by atoms with E-state index in [4.69, 9.17) is 9.47 Å². The molecule has 1 unspecified atom stereocenters. The molecule has 19 heavy (non-hydrogen) atoms. The van der Waals surface area contributed by atoms with Gasteiger partial charge in [0.15, 0.2) is 0 Å². The van der Waals surface area contributed by atoms with Gasteiger partial charge in [0, 0.05) is 0 Å². The lowest BCUT2D eigenvalue weighted by Gasteiger charge is -2.54. The van der Waals surface area contributed by atoms with Gasteiger partial charge in [-0.3, -0.25) is 0 Å². The number of amides is 1. The van der Waals surface area contributed by atoms with E-state index in [9.17, 15) is 9.90 Å². The van der Waals surface area contributed by atoms with Crippen LogP contribution in [0.3, 0.4) is 0 Å². The van der Waals surface area contributed by atoms with E-state index in [1.165, 1.54) is 0 Å². The molecule has 0 aromatic heterocycles. The fourth-order valence-corrected chi connectivity index (χ4v) is 2.94. The highest BCUT2D eigenvalue weighted by atomic mass is 16.6. The summed E-state index contributed by atoms with van der Waals surface area (Å²) < 4.78 is 11.1. The Labute approximate surface area is 114 Å². The van der Waals surface area contributed by atoms with Gasteiger partial charge in [-0.2, -0.15) is 0 Å². The van der Waals surface area contributed by atoms with Crippen molar-refractivity contribution in [2.75, 3.05) is 6.61 Å². The molecule has 0 aromatic rings. The van der Waals surface area contributed by atoms with Crippen LogP contribution in [0.15, 0.2) is 0 Å². The van der Waals surface area contributed by atoms with E-state index in [1.54, 1.807) is 6.92 Å².